The summed E-state index contributed by atoms with van der Waals surface area (Å²) < 4.78 is 12.1. The molecule has 0 bridgehead atoms. The molecule has 5 rings (SSSR count). The van der Waals surface area contributed by atoms with Gasteiger partial charge in [-0.1, -0.05) is 29.8 Å². The molecule has 0 saturated heterocycles. The summed E-state index contributed by atoms with van der Waals surface area (Å²) in [4.78, 5) is 0. The smallest absolute Gasteiger partial charge is 0.246 e. The molecule has 5 heteroatoms. The first kappa shape index (κ1) is 16.0. The number of hydrazone groups is 1. The van der Waals surface area contributed by atoms with E-state index in [4.69, 9.17) is 14.3 Å². The first-order chi connectivity index (χ1) is 13.1. The zero-order chi connectivity index (χ0) is 18.5. The Labute approximate surface area is 157 Å². The fourth-order valence-electron chi connectivity index (χ4n) is 3.85. The Morgan fingerprint density at radius 1 is 1.07 bits per heavy atom. The normalized spacial score (nSPS) is 20.7. The molecule has 3 heterocycles. The van der Waals surface area contributed by atoms with E-state index in [0.717, 1.165) is 39.7 Å². The predicted molar refractivity (Wildman–Crippen MR) is 102 cm³/mol. The molecule has 0 fully saturated rings. The fraction of sp³-hybridized carbons (Fsp3) is 0.227. The number of fused-ring (bicyclic) bond motifs is 3. The number of ether oxygens (including phenoxy) is 1. The van der Waals surface area contributed by atoms with E-state index in [1.165, 1.54) is 0 Å². The van der Waals surface area contributed by atoms with Gasteiger partial charge in [0.05, 0.1) is 11.8 Å². The van der Waals surface area contributed by atoms with Crippen LogP contribution in [0.1, 0.15) is 46.9 Å². The van der Waals surface area contributed by atoms with Crippen molar-refractivity contribution in [3.63, 3.8) is 0 Å². The highest BCUT2D eigenvalue weighted by Crippen LogP contribution is 2.48. The number of phenolic OH excluding ortho intramolecular Hbond substituents is 1. The van der Waals surface area contributed by atoms with E-state index in [2.05, 4.69) is 6.07 Å². The number of rotatable bonds is 2. The average molecular weight is 360 g/mol. The molecule has 0 radical (unpaired) electrons. The highest BCUT2D eigenvalue weighted by atomic mass is 16.5. The molecule has 0 aliphatic carbocycles. The van der Waals surface area contributed by atoms with E-state index in [1.54, 1.807) is 6.07 Å². The van der Waals surface area contributed by atoms with E-state index in [-0.39, 0.29) is 11.8 Å². The molecule has 0 spiro atoms. The highest BCUT2D eigenvalue weighted by Gasteiger charge is 2.42. The summed E-state index contributed by atoms with van der Waals surface area (Å²) >= 11 is 0. The van der Waals surface area contributed by atoms with Gasteiger partial charge in [-0.2, -0.15) is 5.10 Å². The topological polar surface area (TPSA) is 58.2 Å². The van der Waals surface area contributed by atoms with Crippen molar-refractivity contribution < 1.29 is 14.3 Å². The lowest BCUT2D eigenvalue weighted by Crippen LogP contribution is -2.33. The van der Waals surface area contributed by atoms with Gasteiger partial charge in [-0.05, 0) is 44.2 Å². The monoisotopic (exact) mass is 360 g/mol. The number of para-hydroxylation sites is 1. The van der Waals surface area contributed by atoms with Crippen LogP contribution in [0.25, 0.3) is 0 Å². The van der Waals surface area contributed by atoms with E-state index in [1.807, 2.05) is 61.3 Å². The fourth-order valence-corrected chi connectivity index (χ4v) is 3.85. The van der Waals surface area contributed by atoms with Gasteiger partial charge in [0.15, 0.2) is 5.76 Å². The zero-order valence-electron chi connectivity index (χ0n) is 15.2. The highest BCUT2D eigenvalue weighted by molar-refractivity contribution is 6.04. The van der Waals surface area contributed by atoms with E-state index in [9.17, 15) is 5.11 Å². The number of hydrogen-bond acceptors (Lipinski definition) is 5. The van der Waals surface area contributed by atoms with E-state index >= 15 is 0 Å². The predicted octanol–water partition coefficient (Wildman–Crippen LogP) is 4.84. The van der Waals surface area contributed by atoms with Gasteiger partial charge in [0.2, 0.25) is 6.23 Å². The first-order valence-electron chi connectivity index (χ1n) is 9.08. The quantitative estimate of drug-likeness (QED) is 0.710. The Hall–Kier alpha value is -3.21. The second-order valence-corrected chi connectivity index (χ2v) is 7.12. The second-order valence-electron chi connectivity index (χ2n) is 7.12. The minimum absolute atomic E-state index is 0.0419. The van der Waals surface area contributed by atoms with Crippen molar-refractivity contribution in [1.82, 2.24) is 5.01 Å². The minimum atomic E-state index is -0.428. The summed E-state index contributed by atoms with van der Waals surface area (Å²) in [6, 6.07) is 17.6. The molecule has 1 N–H and O–H groups in total. The molecule has 2 aliphatic rings. The molecule has 3 aromatic rings. The van der Waals surface area contributed by atoms with Crippen LogP contribution >= 0.6 is 0 Å². The lowest BCUT2D eigenvalue weighted by atomic mass is 9.95. The second kappa shape index (κ2) is 5.91. The Bertz CT molecular complexity index is 1050. The summed E-state index contributed by atoms with van der Waals surface area (Å²) in [6.45, 7) is 3.93. The van der Waals surface area contributed by atoms with Crippen molar-refractivity contribution in [2.24, 2.45) is 5.10 Å². The number of hydrogen-bond donors (Lipinski definition) is 1. The third-order valence-corrected chi connectivity index (χ3v) is 5.17. The number of nitrogens with zero attached hydrogens (tertiary/aromatic N) is 2. The molecular formula is C22H20N2O3. The van der Waals surface area contributed by atoms with Crippen molar-refractivity contribution in [2.45, 2.75) is 32.5 Å². The molecule has 136 valence electrons. The third kappa shape index (κ3) is 2.58. The molecule has 27 heavy (non-hydrogen) atoms. The van der Waals surface area contributed by atoms with Gasteiger partial charge in [-0.15, -0.1) is 0 Å². The standard InChI is InChI=1S/C22H20N2O3/c1-13-7-9-19(25)16(11-13)17-12-18-15-5-3-4-6-20(15)27-22(24(18)23-17)21-10-8-14(2)26-21/h3-11,18,22,25H,12H2,1-2H3/t18-,22-/m0/s1. The SMILES string of the molecule is Cc1ccc(O)c(C2=NN3[C@@H](C2)c2ccccc2O[C@H]3c2ccc(C)o2)c1. The summed E-state index contributed by atoms with van der Waals surface area (Å²) in [7, 11) is 0. The maximum atomic E-state index is 10.4. The number of phenols is 1. The lowest BCUT2D eigenvalue weighted by molar-refractivity contribution is -0.0329. The lowest BCUT2D eigenvalue weighted by Gasteiger charge is -2.36. The molecular weight excluding hydrogens is 340 g/mol. The largest absolute Gasteiger partial charge is 0.507 e. The van der Waals surface area contributed by atoms with Crippen molar-refractivity contribution in [2.75, 3.05) is 0 Å². The average Bonchev–Trinajstić information content (AvgIpc) is 3.30. The Balaban J connectivity index is 1.62. The number of aromatic hydroxyl groups is 1. The van der Waals surface area contributed by atoms with Gasteiger partial charge in [-0.3, -0.25) is 0 Å². The summed E-state index contributed by atoms with van der Waals surface area (Å²) in [6.07, 6.45) is 0.274. The van der Waals surface area contributed by atoms with Crippen LogP contribution < -0.4 is 4.74 Å². The Morgan fingerprint density at radius 2 is 1.93 bits per heavy atom. The molecule has 0 unspecified atom stereocenters. The maximum Gasteiger partial charge on any atom is 0.246 e. The van der Waals surface area contributed by atoms with Crippen LogP contribution in [-0.2, 0) is 0 Å². The van der Waals surface area contributed by atoms with E-state index < -0.39 is 6.23 Å². The van der Waals surface area contributed by atoms with E-state index in [0.29, 0.717) is 6.42 Å². The number of benzene rings is 2. The van der Waals surface area contributed by atoms with Crippen LogP contribution in [0.3, 0.4) is 0 Å². The van der Waals surface area contributed by atoms with Crippen molar-refractivity contribution in [3.05, 3.63) is 82.8 Å². The van der Waals surface area contributed by atoms with Crippen LogP contribution in [-0.4, -0.2) is 15.8 Å². The third-order valence-electron chi connectivity index (χ3n) is 5.17. The van der Waals surface area contributed by atoms with Crippen LogP contribution in [0, 0.1) is 13.8 Å². The summed E-state index contributed by atoms with van der Waals surface area (Å²) in [5, 5.41) is 17.2. The van der Waals surface area contributed by atoms with Crippen molar-refractivity contribution in [1.29, 1.82) is 0 Å². The molecule has 2 atom stereocenters. The van der Waals surface area contributed by atoms with Gasteiger partial charge in [0, 0.05) is 17.5 Å². The van der Waals surface area contributed by atoms with Crippen molar-refractivity contribution >= 4 is 5.71 Å². The number of aryl methyl sites for hydroxylation is 2. The van der Waals surface area contributed by atoms with Crippen LogP contribution in [0.4, 0.5) is 0 Å². The molecule has 0 saturated carbocycles. The van der Waals surface area contributed by atoms with Gasteiger partial charge in [0.1, 0.15) is 17.3 Å². The molecule has 5 nitrogen and oxygen atoms in total. The summed E-state index contributed by atoms with van der Waals surface area (Å²) in [5.74, 6) is 2.66. The first-order valence-corrected chi connectivity index (χ1v) is 9.08. The maximum absolute atomic E-state index is 10.4. The van der Waals surface area contributed by atoms with Gasteiger partial charge < -0.3 is 14.3 Å². The Kier molecular flexibility index (Phi) is 3.50. The molecule has 2 aliphatic heterocycles. The minimum Gasteiger partial charge on any atom is -0.507 e. The molecule has 2 aromatic carbocycles. The van der Waals surface area contributed by atoms with Crippen LogP contribution in [0.5, 0.6) is 11.5 Å². The van der Waals surface area contributed by atoms with Gasteiger partial charge in [0.25, 0.3) is 0 Å². The van der Waals surface area contributed by atoms with Crippen LogP contribution in [0.15, 0.2) is 64.1 Å². The Morgan fingerprint density at radius 3 is 2.74 bits per heavy atom. The number of furan rings is 1. The van der Waals surface area contributed by atoms with Crippen LogP contribution in [0.2, 0.25) is 0 Å². The van der Waals surface area contributed by atoms with Gasteiger partial charge >= 0.3 is 0 Å². The van der Waals surface area contributed by atoms with Gasteiger partial charge in [-0.25, -0.2) is 5.01 Å². The summed E-state index contributed by atoms with van der Waals surface area (Å²) in [5.41, 5.74) is 3.82. The zero-order valence-corrected chi connectivity index (χ0v) is 15.2. The van der Waals surface area contributed by atoms with Crippen molar-refractivity contribution in [3.8, 4) is 11.5 Å². The molecule has 1 aromatic heterocycles. The molecule has 0 amide bonds.